The number of esters is 2. The summed E-state index contributed by atoms with van der Waals surface area (Å²) in [6.45, 7) is 11.5. The third kappa shape index (κ3) is 5.22. The van der Waals surface area contributed by atoms with Gasteiger partial charge in [0.1, 0.15) is 11.2 Å². The maximum atomic E-state index is 12.8. The molecule has 0 amide bonds. The van der Waals surface area contributed by atoms with Crippen LogP contribution in [0.1, 0.15) is 75.1 Å². The molecule has 0 saturated heterocycles. The van der Waals surface area contributed by atoms with Crippen molar-refractivity contribution < 1.29 is 19.1 Å². The zero-order chi connectivity index (χ0) is 20.9. The predicted molar refractivity (Wildman–Crippen MR) is 111 cm³/mol. The van der Waals surface area contributed by atoms with Crippen molar-refractivity contribution in [3.63, 3.8) is 0 Å². The van der Waals surface area contributed by atoms with Crippen LogP contribution in [0.2, 0.25) is 0 Å². The zero-order valence-corrected chi connectivity index (χ0v) is 17.7. The second kappa shape index (κ2) is 8.59. The molecule has 0 N–H and O–H groups in total. The van der Waals surface area contributed by atoms with Gasteiger partial charge >= 0.3 is 11.9 Å². The molecule has 0 saturated carbocycles. The van der Waals surface area contributed by atoms with Crippen LogP contribution in [0.5, 0.6) is 0 Å². The van der Waals surface area contributed by atoms with Gasteiger partial charge in [-0.05, 0) is 63.8 Å². The number of rotatable bonds is 7. The fraction of sp³-hybridized carbons (Fsp3) is 0.417. The SMILES string of the molecule is CCC(C)(C)OC(=O)c1ccccc1-c1ccccc1C(=O)OC(C)(C)CC. The van der Waals surface area contributed by atoms with Gasteiger partial charge in [-0.2, -0.15) is 0 Å². The highest BCUT2D eigenvalue weighted by molar-refractivity contribution is 6.03. The van der Waals surface area contributed by atoms with Gasteiger partial charge in [0.2, 0.25) is 0 Å². The summed E-state index contributed by atoms with van der Waals surface area (Å²) < 4.78 is 11.4. The van der Waals surface area contributed by atoms with E-state index >= 15 is 0 Å². The molecule has 150 valence electrons. The highest BCUT2D eigenvalue weighted by Gasteiger charge is 2.26. The first-order chi connectivity index (χ1) is 13.1. The first-order valence-corrected chi connectivity index (χ1v) is 9.75. The average Bonchev–Trinajstić information content (AvgIpc) is 2.67. The number of carbonyl (C=O) groups is 2. The molecule has 0 spiro atoms. The Morgan fingerprint density at radius 3 is 1.32 bits per heavy atom. The second-order valence-electron chi connectivity index (χ2n) is 8.10. The van der Waals surface area contributed by atoms with Crippen LogP contribution in [0.3, 0.4) is 0 Å². The molecule has 0 atom stereocenters. The van der Waals surface area contributed by atoms with Crippen molar-refractivity contribution in [3.05, 3.63) is 59.7 Å². The molecule has 2 aromatic rings. The average molecular weight is 383 g/mol. The van der Waals surface area contributed by atoms with E-state index in [1.165, 1.54) is 0 Å². The Morgan fingerprint density at radius 1 is 0.679 bits per heavy atom. The Balaban J connectivity index is 2.48. The first-order valence-electron chi connectivity index (χ1n) is 9.75. The van der Waals surface area contributed by atoms with E-state index in [1.54, 1.807) is 24.3 Å². The summed E-state index contributed by atoms with van der Waals surface area (Å²) in [5.74, 6) is -0.806. The third-order valence-corrected chi connectivity index (χ3v) is 5.02. The number of ether oxygens (including phenoxy) is 2. The topological polar surface area (TPSA) is 52.6 Å². The summed E-state index contributed by atoms with van der Waals surface area (Å²) in [7, 11) is 0. The number of carbonyl (C=O) groups excluding carboxylic acids is 2. The van der Waals surface area contributed by atoms with Crippen molar-refractivity contribution in [1.29, 1.82) is 0 Å². The van der Waals surface area contributed by atoms with Crippen LogP contribution in [0.25, 0.3) is 11.1 Å². The molecule has 4 nitrogen and oxygen atoms in total. The molecule has 4 heteroatoms. The van der Waals surface area contributed by atoms with E-state index in [9.17, 15) is 9.59 Å². The molecule has 0 aromatic heterocycles. The van der Waals surface area contributed by atoms with E-state index in [0.717, 1.165) is 0 Å². The fourth-order valence-electron chi connectivity index (χ4n) is 2.55. The normalized spacial score (nSPS) is 11.8. The standard InChI is InChI=1S/C24H30O4/c1-7-23(3,4)27-21(25)19-15-11-9-13-17(19)18-14-10-12-16-20(18)22(26)28-24(5,6)8-2/h9-16H,7-8H2,1-6H3. The molecule has 0 aliphatic rings. The summed E-state index contributed by atoms with van der Waals surface area (Å²) in [5, 5.41) is 0. The summed E-state index contributed by atoms with van der Waals surface area (Å²) in [6, 6.07) is 14.4. The Morgan fingerprint density at radius 2 is 1.00 bits per heavy atom. The summed E-state index contributed by atoms with van der Waals surface area (Å²) in [6.07, 6.45) is 1.41. The van der Waals surface area contributed by atoms with Crippen LogP contribution >= 0.6 is 0 Å². The molecule has 0 aliphatic carbocycles. The lowest BCUT2D eigenvalue weighted by atomic mass is 9.95. The molecule has 0 radical (unpaired) electrons. The van der Waals surface area contributed by atoms with Gasteiger partial charge in [0.25, 0.3) is 0 Å². The lowest BCUT2D eigenvalue weighted by Gasteiger charge is -2.25. The van der Waals surface area contributed by atoms with Gasteiger partial charge in [0, 0.05) is 0 Å². The molecule has 0 aliphatic heterocycles. The maximum Gasteiger partial charge on any atom is 0.339 e. The van der Waals surface area contributed by atoms with E-state index in [4.69, 9.17) is 9.47 Å². The lowest BCUT2D eigenvalue weighted by Crippen LogP contribution is -2.28. The molecule has 2 aromatic carbocycles. The number of hydrogen-bond acceptors (Lipinski definition) is 4. The predicted octanol–water partition coefficient (Wildman–Crippen LogP) is 6.04. The van der Waals surface area contributed by atoms with Gasteiger partial charge in [-0.3, -0.25) is 0 Å². The molecule has 0 fully saturated rings. The molecule has 2 rings (SSSR count). The molecule has 28 heavy (non-hydrogen) atoms. The van der Waals surface area contributed by atoms with E-state index in [2.05, 4.69) is 0 Å². The molecule has 0 bridgehead atoms. The van der Waals surface area contributed by atoms with Gasteiger partial charge in [-0.1, -0.05) is 50.2 Å². The van der Waals surface area contributed by atoms with Crippen LogP contribution in [-0.2, 0) is 9.47 Å². The second-order valence-corrected chi connectivity index (χ2v) is 8.10. The Labute approximate surface area is 167 Å². The van der Waals surface area contributed by atoms with Gasteiger partial charge in [0.05, 0.1) is 11.1 Å². The van der Waals surface area contributed by atoms with Gasteiger partial charge < -0.3 is 9.47 Å². The molecular formula is C24H30O4. The smallest absolute Gasteiger partial charge is 0.339 e. The minimum absolute atomic E-state index is 0.403. The van der Waals surface area contributed by atoms with E-state index in [1.807, 2.05) is 65.8 Å². The van der Waals surface area contributed by atoms with E-state index < -0.39 is 23.1 Å². The van der Waals surface area contributed by atoms with Crippen LogP contribution in [0, 0.1) is 0 Å². The monoisotopic (exact) mass is 382 g/mol. The fourth-order valence-corrected chi connectivity index (χ4v) is 2.55. The van der Waals surface area contributed by atoms with Crippen LogP contribution in [0.15, 0.2) is 48.5 Å². The van der Waals surface area contributed by atoms with Crippen LogP contribution in [-0.4, -0.2) is 23.1 Å². The summed E-state index contributed by atoms with van der Waals surface area (Å²) in [4.78, 5) is 25.7. The molecule has 0 unspecified atom stereocenters. The van der Waals surface area contributed by atoms with Crippen molar-refractivity contribution in [1.82, 2.24) is 0 Å². The van der Waals surface area contributed by atoms with E-state index in [-0.39, 0.29) is 0 Å². The third-order valence-electron chi connectivity index (χ3n) is 5.02. The first kappa shape index (κ1) is 21.7. The highest BCUT2D eigenvalue weighted by atomic mass is 16.6. The Kier molecular flexibility index (Phi) is 6.65. The van der Waals surface area contributed by atoms with Crippen LogP contribution in [0.4, 0.5) is 0 Å². The van der Waals surface area contributed by atoms with Crippen LogP contribution < -0.4 is 0 Å². The van der Waals surface area contributed by atoms with Crippen molar-refractivity contribution >= 4 is 11.9 Å². The zero-order valence-electron chi connectivity index (χ0n) is 17.7. The Bertz CT molecular complexity index is 778. The van der Waals surface area contributed by atoms with E-state index in [0.29, 0.717) is 35.1 Å². The minimum Gasteiger partial charge on any atom is -0.456 e. The minimum atomic E-state index is -0.562. The summed E-state index contributed by atoms with van der Waals surface area (Å²) in [5.41, 5.74) is 1.04. The largest absolute Gasteiger partial charge is 0.456 e. The van der Waals surface area contributed by atoms with Crippen molar-refractivity contribution in [2.45, 2.75) is 65.6 Å². The quantitative estimate of drug-likeness (QED) is 0.547. The van der Waals surface area contributed by atoms with Gasteiger partial charge in [-0.25, -0.2) is 9.59 Å². The number of benzene rings is 2. The van der Waals surface area contributed by atoms with Gasteiger partial charge in [0.15, 0.2) is 0 Å². The maximum absolute atomic E-state index is 12.8. The lowest BCUT2D eigenvalue weighted by molar-refractivity contribution is -0.00373. The van der Waals surface area contributed by atoms with Crippen molar-refractivity contribution in [2.24, 2.45) is 0 Å². The Hall–Kier alpha value is -2.62. The molecular weight excluding hydrogens is 352 g/mol. The highest BCUT2D eigenvalue weighted by Crippen LogP contribution is 2.30. The van der Waals surface area contributed by atoms with Gasteiger partial charge in [-0.15, -0.1) is 0 Å². The number of hydrogen-bond donors (Lipinski definition) is 0. The molecule has 0 heterocycles. The summed E-state index contributed by atoms with van der Waals surface area (Å²) >= 11 is 0. The van der Waals surface area contributed by atoms with Crippen molar-refractivity contribution in [3.8, 4) is 11.1 Å². The van der Waals surface area contributed by atoms with Crippen molar-refractivity contribution in [2.75, 3.05) is 0 Å².